The molecule has 0 spiro atoms. The highest BCUT2D eigenvalue weighted by Gasteiger charge is 2.11. The van der Waals surface area contributed by atoms with Crippen molar-refractivity contribution in [3.63, 3.8) is 0 Å². The molecule has 0 atom stereocenters. The van der Waals surface area contributed by atoms with Gasteiger partial charge in [0.2, 0.25) is 0 Å². The Morgan fingerprint density at radius 1 is 1.31 bits per heavy atom. The van der Waals surface area contributed by atoms with E-state index in [1.54, 1.807) is 11.3 Å². The first kappa shape index (κ1) is 13.6. The zero-order chi connectivity index (χ0) is 12.0. The third kappa shape index (κ3) is 4.60. The molecule has 0 aromatic carbocycles. The lowest BCUT2D eigenvalue weighted by Crippen LogP contribution is -2.41. The van der Waals surface area contributed by atoms with E-state index in [1.165, 1.54) is 0 Å². The van der Waals surface area contributed by atoms with Crippen molar-refractivity contribution in [2.45, 2.75) is 46.3 Å². The van der Waals surface area contributed by atoms with Crippen LogP contribution >= 0.6 is 11.3 Å². The maximum Gasteiger partial charge on any atom is 0.0795 e. The lowest BCUT2D eigenvalue weighted by atomic mass is 10.2. The lowest BCUT2D eigenvalue weighted by Gasteiger charge is -2.30. The van der Waals surface area contributed by atoms with Gasteiger partial charge in [-0.2, -0.15) is 0 Å². The van der Waals surface area contributed by atoms with Gasteiger partial charge in [0.05, 0.1) is 11.2 Å². The van der Waals surface area contributed by atoms with Gasteiger partial charge < -0.3 is 5.32 Å². The summed E-state index contributed by atoms with van der Waals surface area (Å²) in [7, 11) is 0. The van der Waals surface area contributed by atoms with Crippen LogP contribution in [0.25, 0.3) is 0 Å². The van der Waals surface area contributed by atoms with Gasteiger partial charge in [0, 0.05) is 37.1 Å². The van der Waals surface area contributed by atoms with Crippen LogP contribution in [0.5, 0.6) is 0 Å². The molecule has 0 bridgehead atoms. The molecule has 1 aromatic rings. The van der Waals surface area contributed by atoms with Crippen LogP contribution in [0.15, 0.2) is 10.9 Å². The van der Waals surface area contributed by atoms with Gasteiger partial charge in [0.25, 0.3) is 0 Å². The van der Waals surface area contributed by atoms with Crippen LogP contribution in [0.4, 0.5) is 0 Å². The Morgan fingerprint density at radius 2 is 2.00 bits per heavy atom. The van der Waals surface area contributed by atoms with E-state index >= 15 is 0 Å². The summed E-state index contributed by atoms with van der Waals surface area (Å²) in [5.41, 5.74) is 3.02. The number of nitrogens with zero attached hydrogens (tertiary/aromatic N) is 2. The second-order valence-corrected chi connectivity index (χ2v) is 5.30. The van der Waals surface area contributed by atoms with Crippen molar-refractivity contribution >= 4 is 11.3 Å². The summed E-state index contributed by atoms with van der Waals surface area (Å²) < 4.78 is 0. The lowest BCUT2D eigenvalue weighted by molar-refractivity contribution is 0.175. The molecule has 92 valence electrons. The van der Waals surface area contributed by atoms with Crippen LogP contribution in [0.2, 0.25) is 0 Å². The second-order valence-electron chi connectivity index (χ2n) is 4.58. The van der Waals surface area contributed by atoms with Crippen molar-refractivity contribution in [1.82, 2.24) is 15.2 Å². The van der Waals surface area contributed by atoms with E-state index < -0.39 is 0 Å². The first-order valence-corrected chi connectivity index (χ1v) is 6.89. The van der Waals surface area contributed by atoms with Crippen molar-refractivity contribution in [2.24, 2.45) is 0 Å². The molecule has 0 amide bonds. The molecule has 1 aromatic heterocycles. The van der Waals surface area contributed by atoms with E-state index in [2.05, 4.69) is 48.3 Å². The third-order valence-corrected chi connectivity index (χ3v) is 3.30. The highest BCUT2D eigenvalue weighted by Crippen LogP contribution is 2.04. The number of hydrogen-bond acceptors (Lipinski definition) is 4. The first-order valence-electron chi connectivity index (χ1n) is 5.94. The van der Waals surface area contributed by atoms with Crippen LogP contribution in [-0.4, -0.2) is 35.1 Å². The minimum atomic E-state index is 0.612. The maximum absolute atomic E-state index is 4.25. The average molecular weight is 241 g/mol. The Morgan fingerprint density at radius 3 is 2.50 bits per heavy atom. The zero-order valence-electron chi connectivity index (χ0n) is 10.7. The summed E-state index contributed by atoms with van der Waals surface area (Å²) >= 11 is 1.65. The van der Waals surface area contributed by atoms with Crippen molar-refractivity contribution in [1.29, 1.82) is 0 Å². The maximum atomic E-state index is 4.25. The van der Waals surface area contributed by atoms with Gasteiger partial charge in [0.15, 0.2) is 0 Å². The van der Waals surface area contributed by atoms with Crippen LogP contribution in [0, 0.1) is 0 Å². The van der Waals surface area contributed by atoms with Crippen molar-refractivity contribution < 1.29 is 0 Å². The number of aromatic nitrogens is 1. The average Bonchev–Trinajstić information content (AvgIpc) is 2.68. The Balaban J connectivity index is 2.18. The topological polar surface area (TPSA) is 28.2 Å². The molecule has 0 fully saturated rings. The van der Waals surface area contributed by atoms with Gasteiger partial charge in [-0.3, -0.25) is 4.90 Å². The summed E-state index contributed by atoms with van der Waals surface area (Å²) in [5.74, 6) is 0. The SMILES string of the molecule is CC(C)N(CCNCc1cscn1)C(C)C. The predicted octanol–water partition coefficient (Wildman–Crippen LogP) is 2.35. The second kappa shape index (κ2) is 6.99. The summed E-state index contributed by atoms with van der Waals surface area (Å²) in [6, 6.07) is 1.22. The Hall–Kier alpha value is -0.450. The molecule has 3 nitrogen and oxygen atoms in total. The van der Waals surface area contributed by atoms with Crippen molar-refractivity contribution in [3.8, 4) is 0 Å². The highest BCUT2D eigenvalue weighted by atomic mass is 32.1. The molecule has 0 unspecified atom stereocenters. The molecule has 0 radical (unpaired) electrons. The highest BCUT2D eigenvalue weighted by molar-refractivity contribution is 7.07. The number of thiazole rings is 1. The van der Waals surface area contributed by atoms with Gasteiger partial charge in [-0.05, 0) is 27.7 Å². The monoisotopic (exact) mass is 241 g/mol. The fourth-order valence-corrected chi connectivity index (χ4v) is 2.42. The number of nitrogens with one attached hydrogen (secondary N) is 1. The molecule has 0 aliphatic carbocycles. The minimum absolute atomic E-state index is 0.612. The fraction of sp³-hybridized carbons (Fsp3) is 0.750. The summed E-state index contributed by atoms with van der Waals surface area (Å²) in [6.07, 6.45) is 0. The van der Waals surface area contributed by atoms with E-state index in [-0.39, 0.29) is 0 Å². The fourth-order valence-electron chi connectivity index (χ4n) is 1.86. The molecule has 0 aliphatic rings. The molecule has 0 saturated carbocycles. The molecular formula is C12H23N3S. The largest absolute Gasteiger partial charge is 0.310 e. The van der Waals surface area contributed by atoms with E-state index in [0.717, 1.165) is 25.3 Å². The van der Waals surface area contributed by atoms with Crippen molar-refractivity contribution in [3.05, 3.63) is 16.6 Å². The minimum Gasteiger partial charge on any atom is -0.310 e. The van der Waals surface area contributed by atoms with Crippen LogP contribution in [-0.2, 0) is 6.54 Å². The Kier molecular flexibility index (Phi) is 5.95. The standard InChI is InChI=1S/C12H23N3S/c1-10(2)15(11(3)4)6-5-13-7-12-8-16-9-14-12/h8-11,13H,5-7H2,1-4H3. The molecular weight excluding hydrogens is 218 g/mol. The first-order chi connectivity index (χ1) is 7.61. The van der Waals surface area contributed by atoms with Gasteiger partial charge in [-0.1, -0.05) is 0 Å². The van der Waals surface area contributed by atoms with Crippen LogP contribution in [0.3, 0.4) is 0 Å². The molecule has 4 heteroatoms. The summed E-state index contributed by atoms with van der Waals surface area (Å²) in [6.45, 7) is 12.0. The van der Waals surface area contributed by atoms with Crippen molar-refractivity contribution in [2.75, 3.05) is 13.1 Å². The number of hydrogen-bond donors (Lipinski definition) is 1. The number of rotatable bonds is 7. The molecule has 1 N–H and O–H groups in total. The smallest absolute Gasteiger partial charge is 0.0795 e. The normalized spacial score (nSPS) is 11.9. The van der Waals surface area contributed by atoms with Gasteiger partial charge in [-0.25, -0.2) is 4.98 Å². The third-order valence-electron chi connectivity index (χ3n) is 2.66. The van der Waals surface area contributed by atoms with E-state index in [4.69, 9.17) is 0 Å². The quantitative estimate of drug-likeness (QED) is 0.743. The molecule has 0 aliphatic heterocycles. The summed E-state index contributed by atoms with van der Waals surface area (Å²) in [4.78, 5) is 6.74. The van der Waals surface area contributed by atoms with Gasteiger partial charge in [0.1, 0.15) is 0 Å². The molecule has 0 saturated heterocycles. The van der Waals surface area contributed by atoms with Gasteiger partial charge in [-0.15, -0.1) is 11.3 Å². The zero-order valence-corrected chi connectivity index (χ0v) is 11.5. The predicted molar refractivity (Wildman–Crippen MR) is 70.8 cm³/mol. The van der Waals surface area contributed by atoms with Crippen LogP contribution in [0.1, 0.15) is 33.4 Å². The van der Waals surface area contributed by atoms with E-state index in [9.17, 15) is 0 Å². The van der Waals surface area contributed by atoms with Gasteiger partial charge >= 0.3 is 0 Å². The van der Waals surface area contributed by atoms with E-state index in [1.807, 2.05) is 5.51 Å². The summed E-state index contributed by atoms with van der Waals surface area (Å²) in [5, 5.41) is 5.52. The van der Waals surface area contributed by atoms with Crippen LogP contribution < -0.4 is 5.32 Å². The molecule has 16 heavy (non-hydrogen) atoms. The van der Waals surface area contributed by atoms with E-state index in [0.29, 0.717) is 12.1 Å². The Bertz CT molecular complexity index is 262. The molecule has 1 heterocycles. The Labute approximate surface area is 103 Å². The molecule has 1 rings (SSSR count).